The third-order valence-electron chi connectivity index (χ3n) is 2.78. The van der Waals surface area contributed by atoms with Crippen molar-refractivity contribution in [2.75, 3.05) is 11.6 Å². The van der Waals surface area contributed by atoms with E-state index in [2.05, 4.69) is 36.8 Å². The molecule has 24 heavy (non-hydrogen) atoms. The molecule has 0 atom stereocenters. The molecule has 128 valence electrons. The van der Waals surface area contributed by atoms with Crippen LogP contribution in [0.25, 0.3) is 11.4 Å². The molecule has 0 saturated heterocycles. The number of benzene rings is 1. The van der Waals surface area contributed by atoms with Crippen LogP contribution in [0.2, 0.25) is 0 Å². The van der Waals surface area contributed by atoms with Crippen LogP contribution in [0.1, 0.15) is 13.8 Å². The number of halogens is 1. The van der Waals surface area contributed by atoms with E-state index in [0.29, 0.717) is 11.0 Å². The number of urea groups is 1. The monoisotopic (exact) mass is 412 g/mol. The van der Waals surface area contributed by atoms with Gasteiger partial charge in [-0.1, -0.05) is 39.8 Å². The predicted molar refractivity (Wildman–Crippen MR) is 95.8 cm³/mol. The predicted octanol–water partition coefficient (Wildman–Crippen LogP) is 1.75. The lowest BCUT2D eigenvalue weighted by molar-refractivity contribution is -0.117. The molecule has 0 aliphatic rings. The summed E-state index contributed by atoms with van der Waals surface area (Å²) in [6.07, 6.45) is 0. The van der Waals surface area contributed by atoms with Crippen LogP contribution in [-0.2, 0) is 4.79 Å². The summed E-state index contributed by atoms with van der Waals surface area (Å²) in [6.45, 7) is 3.61. The Morgan fingerprint density at radius 1 is 1.33 bits per heavy atom. The molecule has 0 aliphatic heterocycles. The molecular weight excluding hydrogens is 396 g/mol. The van der Waals surface area contributed by atoms with Crippen molar-refractivity contribution in [2.24, 2.45) is 0 Å². The minimum absolute atomic E-state index is 0.00317. The molecule has 0 spiro atoms. The van der Waals surface area contributed by atoms with E-state index >= 15 is 0 Å². The van der Waals surface area contributed by atoms with Gasteiger partial charge < -0.3 is 11.2 Å². The van der Waals surface area contributed by atoms with E-state index in [1.165, 1.54) is 4.68 Å². The molecule has 2 aromatic rings. The van der Waals surface area contributed by atoms with Gasteiger partial charge >= 0.3 is 6.03 Å². The Labute approximate surface area is 151 Å². The number of hydrogen-bond acceptors (Lipinski definition) is 6. The Balaban J connectivity index is 1.99. The zero-order chi connectivity index (χ0) is 17.7. The Morgan fingerprint density at radius 3 is 2.71 bits per heavy atom. The van der Waals surface area contributed by atoms with Crippen molar-refractivity contribution in [3.8, 4) is 11.4 Å². The van der Waals surface area contributed by atoms with Gasteiger partial charge in [-0.15, -0.1) is 10.2 Å². The molecule has 1 heterocycles. The van der Waals surface area contributed by atoms with Crippen LogP contribution in [0.5, 0.6) is 0 Å². The highest BCUT2D eigenvalue weighted by molar-refractivity contribution is 9.10. The van der Waals surface area contributed by atoms with Crippen molar-refractivity contribution in [1.29, 1.82) is 0 Å². The van der Waals surface area contributed by atoms with Crippen molar-refractivity contribution in [3.63, 3.8) is 0 Å². The summed E-state index contributed by atoms with van der Waals surface area (Å²) in [5.41, 5.74) is 0.792. The number of rotatable bonds is 5. The van der Waals surface area contributed by atoms with Gasteiger partial charge in [0.15, 0.2) is 5.82 Å². The first-order valence-electron chi connectivity index (χ1n) is 7.07. The van der Waals surface area contributed by atoms with E-state index in [1.54, 1.807) is 13.8 Å². The van der Waals surface area contributed by atoms with Crippen molar-refractivity contribution in [3.05, 3.63) is 28.7 Å². The summed E-state index contributed by atoms with van der Waals surface area (Å²) >= 11 is 4.53. The Hall–Kier alpha value is -2.07. The third kappa shape index (κ3) is 4.71. The van der Waals surface area contributed by atoms with E-state index < -0.39 is 11.9 Å². The summed E-state index contributed by atoms with van der Waals surface area (Å²) < 4.78 is 2.15. The van der Waals surface area contributed by atoms with Gasteiger partial charge in [-0.2, -0.15) is 0 Å². The molecule has 8 nitrogen and oxygen atoms in total. The average molecular weight is 413 g/mol. The maximum absolute atomic E-state index is 11.8. The molecule has 0 aliphatic carbocycles. The number of nitrogens with zero attached hydrogens (tertiary/aromatic N) is 3. The van der Waals surface area contributed by atoms with E-state index in [9.17, 15) is 9.59 Å². The average Bonchev–Trinajstić information content (AvgIpc) is 2.85. The van der Waals surface area contributed by atoms with Crippen molar-refractivity contribution >= 4 is 39.6 Å². The molecule has 1 aromatic carbocycles. The molecule has 1 aromatic heterocycles. The lowest BCUT2D eigenvalue weighted by atomic mass is 10.2. The molecule has 0 saturated carbocycles. The lowest BCUT2D eigenvalue weighted by Gasteiger charge is -2.09. The van der Waals surface area contributed by atoms with Crippen LogP contribution in [-0.4, -0.2) is 38.6 Å². The Kier molecular flexibility index (Phi) is 6.21. The fourth-order valence-electron chi connectivity index (χ4n) is 1.79. The largest absolute Gasteiger partial charge is 0.336 e. The molecule has 0 radical (unpaired) electrons. The number of nitrogen functional groups attached to an aromatic ring is 1. The van der Waals surface area contributed by atoms with Gasteiger partial charge in [-0.3, -0.25) is 10.1 Å². The topological polar surface area (TPSA) is 115 Å². The molecule has 0 bridgehead atoms. The molecule has 4 N–H and O–H groups in total. The second kappa shape index (κ2) is 8.15. The summed E-state index contributed by atoms with van der Waals surface area (Å²) in [5, 5.41) is 13.2. The molecule has 0 unspecified atom stereocenters. The first-order valence-corrected chi connectivity index (χ1v) is 8.85. The molecule has 0 fully saturated rings. The van der Waals surface area contributed by atoms with Gasteiger partial charge in [0.1, 0.15) is 0 Å². The van der Waals surface area contributed by atoms with E-state index in [-0.39, 0.29) is 11.8 Å². The van der Waals surface area contributed by atoms with E-state index in [1.807, 2.05) is 24.3 Å². The fourth-order valence-corrected chi connectivity index (χ4v) is 2.91. The Morgan fingerprint density at radius 2 is 2.04 bits per heavy atom. The summed E-state index contributed by atoms with van der Waals surface area (Å²) in [6, 6.07) is 6.89. The van der Waals surface area contributed by atoms with Gasteiger partial charge in [0.05, 0.1) is 5.75 Å². The zero-order valence-electron chi connectivity index (χ0n) is 13.1. The quantitative estimate of drug-likeness (QED) is 0.508. The number of nitrogens with two attached hydrogens (primary N) is 1. The first kappa shape index (κ1) is 18.3. The van der Waals surface area contributed by atoms with Crippen LogP contribution in [0, 0.1) is 0 Å². The lowest BCUT2D eigenvalue weighted by Crippen LogP contribution is -2.43. The summed E-state index contributed by atoms with van der Waals surface area (Å²) in [5.74, 6) is 6.03. The molecule has 2 rings (SSSR count). The highest BCUT2D eigenvalue weighted by Gasteiger charge is 2.16. The Bertz CT molecular complexity index is 749. The first-order chi connectivity index (χ1) is 11.4. The van der Waals surface area contributed by atoms with Crippen molar-refractivity contribution < 1.29 is 9.59 Å². The SMILES string of the molecule is CC(C)NC(=O)NC(=O)CSc1nnc(-c2ccccc2Br)n1N. The van der Waals surface area contributed by atoms with Gasteiger partial charge in [0.25, 0.3) is 0 Å². The van der Waals surface area contributed by atoms with Crippen LogP contribution < -0.4 is 16.5 Å². The highest BCUT2D eigenvalue weighted by Crippen LogP contribution is 2.27. The van der Waals surface area contributed by atoms with Crippen LogP contribution in [0.4, 0.5) is 4.79 Å². The van der Waals surface area contributed by atoms with Gasteiger partial charge in [-0.05, 0) is 26.0 Å². The number of imide groups is 1. The number of amides is 3. The smallest absolute Gasteiger partial charge is 0.321 e. The molecule has 10 heteroatoms. The number of aromatic nitrogens is 3. The molecule has 3 amide bonds. The number of carbonyl (C=O) groups excluding carboxylic acids is 2. The highest BCUT2D eigenvalue weighted by atomic mass is 79.9. The molecular formula is C14H17BrN6O2S. The zero-order valence-corrected chi connectivity index (χ0v) is 15.5. The maximum atomic E-state index is 11.8. The fraction of sp³-hybridized carbons (Fsp3) is 0.286. The van der Waals surface area contributed by atoms with Crippen LogP contribution >= 0.6 is 27.7 Å². The minimum Gasteiger partial charge on any atom is -0.336 e. The van der Waals surface area contributed by atoms with Gasteiger partial charge in [0.2, 0.25) is 11.1 Å². The third-order valence-corrected chi connectivity index (χ3v) is 4.42. The second-order valence-corrected chi connectivity index (χ2v) is 6.92. The van der Waals surface area contributed by atoms with Crippen LogP contribution in [0.3, 0.4) is 0 Å². The normalized spacial score (nSPS) is 10.7. The van der Waals surface area contributed by atoms with Gasteiger partial charge in [-0.25, -0.2) is 9.47 Å². The minimum atomic E-state index is -0.529. The second-order valence-electron chi connectivity index (χ2n) is 5.12. The summed E-state index contributed by atoms with van der Waals surface area (Å²) in [7, 11) is 0. The number of hydrogen-bond donors (Lipinski definition) is 3. The van der Waals surface area contributed by atoms with Crippen molar-refractivity contribution in [2.45, 2.75) is 25.0 Å². The van der Waals surface area contributed by atoms with E-state index in [4.69, 9.17) is 5.84 Å². The van der Waals surface area contributed by atoms with Crippen molar-refractivity contribution in [1.82, 2.24) is 25.5 Å². The number of thioether (sulfide) groups is 1. The van der Waals surface area contributed by atoms with E-state index in [0.717, 1.165) is 21.8 Å². The summed E-state index contributed by atoms with van der Waals surface area (Å²) in [4.78, 5) is 23.2. The van der Waals surface area contributed by atoms with Crippen LogP contribution in [0.15, 0.2) is 33.9 Å². The maximum Gasteiger partial charge on any atom is 0.321 e. The number of nitrogens with one attached hydrogen (secondary N) is 2. The number of carbonyl (C=O) groups is 2. The van der Waals surface area contributed by atoms with Gasteiger partial charge in [0, 0.05) is 16.1 Å². The standard InChI is InChI=1S/C14H17BrN6O2S/c1-8(2)17-13(23)18-11(22)7-24-14-20-19-12(21(14)16)9-5-3-4-6-10(9)15/h3-6,8H,7,16H2,1-2H3,(H2,17,18,22,23).